The minimum absolute atomic E-state index is 0.0763. The Morgan fingerprint density at radius 3 is 2.96 bits per heavy atom. The van der Waals surface area contributed by atoms with Gasteiger partial charge in [-0.3, -0.25) is 14.5 Å². The molecule has 1 aliphatic heterocycles. The molecule has 1 aliphatic rings. The quantitative estimate of drug-likeness (QED) is 0.744. The fourth-order valence-corrected chi connectivity index (χ4v) is 4.15. The molecule has 0 bridgehead atoms. The number of rotatable bonds is 4. The predicted octanol–water partition coefficient (Wildman–Crippen LogP) is 3.63. The molecule has 8 heteroatoms. The molecule has 6 nitrogen and oxygen atoms in total. The first-order chi connectivity index (χ1) is 12.7. The van der Waals surface area contributed by atoms with E-state index in [1.807, 2.05) is 35.0 Å². The fraction of sp³-hybridized carbons (Fsp3) is 0.167. The highest BCUT2D eigenvalue weighted by Crippen LogP contribution is 2.31. The van der Waals surface area contributed by atoms with E-state index < -0.39 is 0 Å². The highest BCUT2D eigenvalue weighted by molar-refractivity contribution is 7.16. The first kappa shape index (κ1) is 16.7. The van der Waals surface area contributed by atoms with Crippen molar-refractivity contribution in [3.63, 3.8) is 0 Å². The van der Waals surface area contributed by atoms with Crippen LogP contribution in [0.4, 0.5) is 10.8 Å². The first-order valence-electron chi connectivity index (χ1n) is 8.02. The Morgan fingerprint density at radius 1 is 1.23 bits per heavy atom. The number of nitrogens with one attached hydrogen (secondary N) is 1. The number of ether oxygens (including phenoxy) is 1. The Kier molecular flexibility index (Phi) is 4.68. The summed E-state index contributed by atoms with van der Waals surface area (Å²) in [6.07, 6.45) is 0.238. The summed E-state index contributed by atoms with van der Waals surface area (Å²) in [5.74, 6) is 0.186. The maximum absolute atomic E-state index is 12.5. The number of fused-ring (bicyclic) bond motifs is 1. The standard InChI is InChI=1S/C18H15N3O3S2/c22-16(20-18-19-12(11-26-18)15-6-3-9-25-15)10-21-13-4-1-2-5-14(13)24-8-7-17(21)23/h1-6,9,11H,7-8,10H2,(H,19,20,22). The van der Waals surface area contributed by atoms with Crippen LogP contribution < -0.4 is 15.0 Å². The maximum atomic E-state index is 12.5. The van der Waals surface area contributed by atoms with Gasteiger partial charge in [-0.25, -0.2) is 4.98 Å². The Labute approximate surface area is 158 Å². The van der Waals surface area contributed by atoms with E-state index in [0.717, 1.165) is 10.6 Å². The minimum atomic E-state index is -0.290. The van der Waals surface area contributed by atoms with Crippen LogP contribution in [0.3, 0.4) is 0 Å². The van der Waals surface area contributed by atoms with Crippen LogP contribution in [-0.4, -0.2) is 29.9 Å². The monoisotopic (exact) mass is 385 g/mol. The molecule has 4 rings (SSSR count). The molecule has 0 atom stereocenters. The lowest BCUT2D eigenvalue weighted by Crippen LogP contribution is -2.37. The lowest BCUT2D eigenvalue weighted by Gasteiger charge is -2.20. The number of anilines is 2. The smallest absolute Gasteiger partial charge is 0.246 e. The average Bonchev–Trinajstić information content (AvgIpc) is 3.29. The lowest BCUT2D eigenvalue weighted by molar-refractivity contribution is -0.121. The zero-order chi connectivity index (χ0) is 17.9. The molecule has 3 aromatic rings. The first-order valence-corrected chi connectivity index (χ1v) is 9.78. The fourth-order valence-electron chi connectivity index (χ4n) is 2.66. The van der Waals surface area contributed by atoms with Gasteiger partial charge in [-0.05, 0) is 23.6 Å². The topological polar surface area (TPSA) is 71.5 Å². The second-order valence-electron chi connectivity index (χ2n) is 5.61. The number of thiophene rings is 1. The summed E-state index contributed by atoms with van der Waals surface area (Å²) in [5.41, 5.74) is 1.45. The van der Waals surface area contributed by atoms with Gasteiger partial charge in [-0.2, -0.15) is 0 Å². The number of hydrogen-bond donors (Lipinski definition) is 1. The van der Waals surface area contributed by atoms with Crippen molar-refractivity contribution < 1.29 is 14.3 Å². The van der Waals surface area contributed by atoms with Crippen molar-refractivity contribution >= 4 is 45.3 Å². The van der Waals surface area contributed by atoms with Crippen molar-refractivity contribution in [2.45, 2.75) is 6.42 Å². The van der Waals surface area contributed by atoms with Gasteiger partial charge >= 0.3 is 0 Å². The molecule has 1 N–H and O–H groups in total. The third-order valence-corrected chi connectivity index (χ3v) is 5.51. The van der Waals surface area contributed by atoms with Crippen LogP contribution in [0.5, 0.6) is 5.75 Å². The Morgan fingerprint density at radius 2 is 2.12 bits per heavy atom. The van der Waals surface area contributed by atoms with Crippen molar-refractivity contribution in [3.05, 3.63) is 47.2 Å². The summed E-state index contributed by atoms with van der Waals surface area (Å²) in [6.45, 7) is 0.234. The molecular formula is C18H15N3O3S2. The molecule has 2 amide bonds. The number of carbonyl (C=O) groups excluding carboxylic acids is 2. The van der Waals surface area contributed by atoms with Gasteiger partial charge in [0.15, 0.2) is 5.13 Å². The summed E-state index contributed by atoms with van der Waals surface area (Å²) >= 11 is 2.96. The lowest BCUT2D eigenvalue weighted by atomic mass is 10.2. The molecule has 0 saturated heterocycles. The van der Waals surface area contributed by atoms with Crippen molar-refractivity contribution in [2.75, 3.05) is 23.4 Å². The normalized spacial score (nSPS) is 13.7. The van der Waals surface area contributed by atoms with Crippen molar-refractivity contribution in [3.8, 4) is 16.3 Å². The second-order valence-corrected chi connectivity index (χ2v) is 7.42. The molecule has 0 spiro atoms. The zero-order valence-corrected chi connectivity index (χ0v) is 15.3. The summed E-state index contributed by atoms with van der Waals surface area (Å²) in [5, 5.41) is 7.19. The van der Waals surface area contributed by atoms with Crippen LogP contribution in [0.15, 0.2) is 47.2 Å². The third kappa shape index (κ3) is 3.47. The minimum Gasteiger partial charge on any atom is -0.491 e. The van der Waals surface area contributed by atoms with E-state index in [4.69, 9.17) is 4.74 Å². The number of aromatic nitrogens is 1. The molecule has 0 aliphatic carbocycles. The van der Waals surface area contributed by atoms with Gasteiger partial charge < -0.3 is 10.1 Å². The van der Waals surface area contributed by atoms with E-state index >= 15 is 0 Å². The summed E-state index contributed by atoms with van der Waals surface area (Å²) < 4.78 is 5.59. The molecule has 0 saturated carbocycles. The average molecular weight is 385 g/mol. The largest absolute Gasteiger partial charge is 0.491 e. The summed E-state index contributed by atoms with van der Waals surface area (Å²) in [4.78, 5) is 31.8. The second kappa shape index (κ2) is 7.27. The summed E-state index contributed by atoms with van der Waals surface area (Å²) in [7, 11) is 0. The van der Waals surface area contributed by atoms with Crippen molar-refractivity contribution in [1.29, 1.82) is 0 Å². The van der Waals surface area contributed by atoms with Gasteiger partial charge in [0, 0.05) is 5.38 Å². The van der Waals surface area contributed by atoms with Crippen molar-refractivity contribution in [1.82, 2.24) is 4.98 Å². The van der Waals surface area contributed by atoms with Crippen LogP contribution in [0.2, 0.25) is 0 Å². The van der Waals surface area contributed by atoms with E-state index in [1.165, 1.54) is 16.2 Å². The van der Waals surface area contributed by atoms with Gasteiger partial charge in [-0.15, -0.1) is 22.7 Å². The van der Waals surface area contributed by atoms with Crippen LogP contribution >= 0.6 is 22.7 Å². The van der Waals surface area contributed by atoms with Gasteiger partial charge in [-0.1, -0.05) is 18.2 Å². The van der Waals surface area contributed by atoms with E-state index in [9.17, 15) is 9.59 Å². The molecule has 0 radical (unpaired) electrons. The van der Waals surface area contributed by atoms with E-state index in [1.54, 1.807) is 23.5 Å². The highest BCUT2D eigenvalue weighted by Gasteiger charge is 2.25. The third-order valence-electron chi connectivity index (χ3n) is 3.86. The van der Waals surface area contributed by atoms with Gasteiger partial charge in [0.2, 0.25) is 11.8 Å². The molecule has 0 unspecified atom stereocenters. The predicted molar refractivity (Wildman–Crippen MR) is 103 cm³/mol. The molecular weight excluding hydrogens is 370 g/mol. The number of amides is 2. The van der Waals surface area contributed by atoms with Gasteiger partial charge in [0.1, 0.15) is 12.3 Å². The molecule has 132 valence electrons. The number of para-hydroxylation sites is 2. The van der Waals surface area contributed by atoms with Crippen molar-refractivity contribution in [2.24, 2.45) is 0 Å². The van der Waals surface area contributed by atoms with Crippen LogP contribution in [-0.2, 0) is 9.59 Å². The zero-order valence-electron chi connectivity index (χ0n) is 13.7. The van der Waals surface area contributed by atoms with E-state index in [-0.39, 0.29) is 24.8 Å². The number of thiazole rings is 1. The molecule has 1 aromatic carbocycles. The van der Waals surface area contributed by atoms with Gasteiger partial charge in [0.25, 0.3) is 0 Å². The van der Waals surface area contributed by atoms with E-state index in [0.29, 0.717) is 23.2 Å². The summed E-state index contributed by atoms with van der Waals surface area (Å²) in [6, 6.07) is 11.2. The highest BCUT2D eigenvalue weighted by atomic mass is 32.1. The number of hydrogen-bond acceptors (Lipinski definition) is 6. The molecule has 0 fully saturated rings. The van der Waals surface area contributed by atoms with Crippen LogP contribution in [0.1, 0.15) is 6.42 Å². The van der Waals surface area contributed by atoms with E-state index in [2.05, 4.69) is 10.3 Å². The number of benzene rings is 1. The molecule has 2 aromatic heterocycles. The van der Waals surface area contributed by atoms with Crippen LogP contribution in [0, 0.1) is 0 Å². The van der Waals surface area contributed by atoms with Crippen LogP contribution in [0.25, 0.3) is 10.6 Å². The molecule has 3 heterocycles. The van der Waals surface area contributed by atoms with Gasteiger partial charge in [0.05, 0.1) is 29.3 Å². The molecule has 26 heavy (non-hydrogen) atoms. The Balaban J connectivity index is 1.48. The number of carbonyl (C=O) groups is 2. The number of nitrogens with zero attached hydrogens (tertiary/aromatic N) is 2. The SMILES string of the molecule is O=C(CN1C(=O)CCOc2ccccc21)Nc1nc(-c2cccs2)cs1. The Hall–Kier alpha value is -2.71. The Bertz CT molecular complexity index is 937. The maximum Gasteiger partial charge on any atom is 0.246 e.